The van der Waals surface area contributed by atoms with Crippen molar-refractivity contribution >= 4 is 10.0 Å². The van der Waals surface area contributed by atoms with Crippen LogP contribution in [0.3, 0.4) is 0 Å². The molecule has 0 spiro atoms. The minimum atomic E-state index is -3.53. The van der Waals surface area contributed by atoms with Crippen LogP contribution in [0.5, 0.6) is 0 Å². The van der Waals surface area contributed by atoms with Gasteiger partial charge in [0.1, 0.15) is 0 Å². The number of hydrogen-bond donors (Lipinski definition) is 2. The third-order valence-corrected chi connectivity index (χ3v) is 3.44. The SMILES string of the molecule is NS(=O)(=O)C1=CC=C2CCNC=C2C1. The summed E-state index contributed by atoms with van der Waals surface area (Å²) in [6.07, 6.45) is 6.68. The molecule has 2 aliphatic rings. The number of sulfonamides is 1. The van der Waals surface area contributed by atoms with Crippen molar-refractivity contribution < 1.29 is 8.42 Å². The van der Waals surface area contributed by atoms with E-state index >= 15 is 0 Å². The Morgan fingerprint density at radius 1 is 1.29 bits per heavy atom. The molecule has 0 aromatic carbocycles. The van der Waals surface area contributed by atoms with Crippen LogP contribution in [0.25, 0.3) is 0 Å². The van der Waals surface area contributed by atoms with Gasteiger partial charge in [0.15, 0.2) is 0 Å². The van der Waals surface area contributed by atoms with Crippen molar-refractivity contribution in [2.75, 3.05) is 6.54 Å². The van der Waals surface area contributed by atoms with E-state index in [-0.39, 0.29) is 4.91 Å². The summed E-state index contributed by atoms with van der Waals surface area (Å²) in [5.74, 6) is 0. The first-order valence-electron chi connectivity index (χ1n) is 4.43. The summed E-state index contributed by atoms with van der Waals surface area (Å²) in [4.78, 5) is 0.288. The van der Waals surface area contributed by atoms with Crippen LogP contribution in [-0.2, 0) is 10.0 Å². The van der Waals surface area contributed by atoms with Crippen molar-refractivity contribution in [3.05, 3.63) is 34.4 Å². The molecule has 4 nitrogen and oxygen atoms in total. The normalized spacial score (nSPS) is 21.4. The van der Waals surface area contributed by atoms with Crippen LogP contribution >= 0.6 is 0 Å². The minimum Gasteiger partial charge on any atom is -0.390 e. The molecule has 0 fully saturated rings. The molecule has 3 N–H and O–H groups in total. The quantitative estimate of drug-likeness (QED) is 0.659. The molecule has 1 aliphatic carbocycles. The van der Waals surface area contributed by atoms with Gasteiger partial charge in [-0.05, 0) is 23.6 Å². The Labute approximate surface area is 83.2 Å². The average Bonchev–Trinajstić information content (AvgIpc) is 2.16. The summed E-state index contributed by atoms with van der Waals surface area (Å²) in [7, 11) is -3.53. The summed E-state index contributed by atoms with van der Waals surface area (Å²) >= 11 is 0. The Balaban J connectivity index is 2.37. The maximum Gasteiger partial charge on any atom is 0.234 e. The fraction of sp³-hybridized carbons (Fsp3) is 0.333. The van der Waals surface area contributed by atoms with Crippen LogP contribution < -0.4 is 10.5 Å². The maximum absolute atomic E-state index is 11.1. The van der Waals surface area contributed by atoms with Crippen LogP contribution in [0.2, 0.25) is 0 Å². The van der Waals surface area contributed by atoms with Gasteiger partial charge in [0, 0.05) is 19.2 Å². The van der Waals surface area contributed by atoms with Gasteiger partial charge in [-0.2, -0.15) is 0 Å². The standard InChI is InChI=1S/C9H12N2O2S/c10-14(12,13)9-2-1-7-3-4-11-6-8(7)5-9/h1-2,6,11H,3-5H2,(H2,10,12,13). The number of hydrogen-bond acceptors (Lipinski definition) is 3. The summed E-state index contributed by atoms with van der Waals surface area (Å²) in [6.45, 7) is 0.911. The van der Waals surface area contributed by atoms with Gasteiger partial charge in [-0.3, -0.25) is 0 Å². The van der Waals surface area contributed by atoms with Gasteiger partial charge >= 0.3 is 0 Å². The molecule has 0 aromatic rings. The van der Waals surface area contributed by atoms with Gasteiger partial charge < -0.3 is 5.32 Å². The highest BCUT2D eigenvalue weighted by Crippen LogP contribution is 2.29. The molecule has 2 rings (SSSR count). The van der Waals surface area contributed by atoms with Crippen molar-refractivity contribution in [3.8, 4) is 0 Å². The zero-order valence-electron chi connectivity index (χ0n) is 7.66. The summed E-state index contributed by atoms with van der Waals surface area (Å²) in [5.41, 5.74) is 2.24. The van der Waals surface area contributed by atoms with E-state index < -0.39 is 10.0 Å². The molecule has 1 heterocycles. The topological polar surface area (TPSA) is 72.2 Å². The lowest BCUT2D eigenvalue weighted by atomic mass is 9.94. The fourth-order valence-electron chi connectivity index (χ4n) is 1.65. The highest BCUT2D eigenvalue weighted by Gasteiger charge is 2.20. The molecule has 0 bridgehead atoms. The number of nitrogens with one attached hydrogen (secondary N) is 1. The van der Waals surface area contributed by atoms with E-state index in [2.05, 4.69) is 5.32 Å². The molecule has 0 saturated heterocycles. The summed E-state index contributed by atoms with van der Waals surface area (Å²) in [6, 6.07) is 0. The van der Waals surface area contributed by atoms with Crippen LogP contribution in [0, 0.1) is 0 Å². The first kappa shape index (κ1) is 9.48. The van der Waals surface area contributed by atoms with E-state index in [1.165, 1.54) is 5.57 Å². The number of nitrogens with two attached hydrogens (primary N) is 1. The van der Waals surface area contributed by atoms with E-state index in [0.29, 0.717) is 6.42 Å². The van der Waals surface area contributed by atoms with Gasteiger partial charge in [-0.1, -0.05) is 6.08 Å². The Bertz CT molecular complexity index is 443. The van der Waals surface area contributed by atoms with E-state index in [1.807, 2.05) is 12.3 Å². The predicted molar refractivity (Wildman–Crippen MR) is 54.6 cm³/mol. The second-order valence-corrected chi connectivity index (χ2v) is 5.03. The third kappa shape index (κ3) is 1.73. The number of fused-ring (bicyclic) bond motifs is 1. The van der Waals surface area contributed by atoms with Gasteiger partial charge in [-0.15, -0.1) is 0 Å². The van der Waals surface area contributed by atoms with Crippen molar-refractivity contribution in [1.82, 2.24) is 5.32 Å². The van der Waals surface area contributed by atoms with Crippen LogP contribution in [0.15, 0.2) is 34.4 Å². The van der Waals surface area contributed by atoms with Crippen molar-refractivity contribution in [1.29, 1.82) is 0 Å². The monoisotopic (exact) mass is 212 g/mol. The molecule has 0 aromatic heterocycles. The first-order chi connectivity index (χ1) is 6.57. The second-order valence-electron chi connectivity index (χ2n) is 3.42. The third-order valence-electron chi connectivity index (χ3n) is 2.43. The molecule has 76 valence electrons. The highest BCUT2D eigenvalue weighted by atomic mass is 32.2. The number of allylic oxidation sites excluding steroid dienone is 4. The Morgan fingerprint density at radius 3 is 2.79 bits per heavy atom. The fourth-order valence-corrected chi connectivity index (χ4v) is 2.26. The zero-order chi connectivity index (χ0) is 10.2. The highest BCUT2D eigenvalue weighted by molar-refractivity contribution is 7.93. The molecule has 1 aliphatic heterocycles. The van der Waals surface area contributed by atoms with Crippen molar-refractivity contribution in [2.24, 2.45) is 5.14 Å². The largest absolute Gasteiger partial charge is 0.390 e. The van der Waals surface area contributed by atoms with Crippen LogP contribution in [0.4, 0.5) is 0 Å². The van der Waals surface area contributed by atoms with Crippen molar-refractivity contribution in [3.63, 3.8) is 0 Å². The predicted octanol–water partition coefficient (Wildman–Crippen LogP) is 0.366. The molecule has 0 unspecified atom stereocenters. The Hall–Kier alpha value is -1.07. The van der Waals surface area contributed by atoms with Crippen LogP contribution in [0.1, 0.15) is 12.8 Å². The molecule has 0 amide bonds. The van der Waals surface area contributed by atoms with Gasteiger partial charge in [0.05, 0.1) is 4.91 Å². The minimum absolute atomic E-state index is 0.288. The van der Waals surface area contributed by atoms with Gasteiger partial charge in [-0.25, -0.2) is 13.6 Å². The van der Waals surface area contributed by atoms with E-state index in [9.17, 15) is 8.42 Å². The van der Waals surface area contributed by atoms with E-state index in [0.717, 1.165) is 18.5 Å². The lowest BCUT2D eigenvalue weighted by Crippen LogP contribution is -2.21. The molecular weight excluding hydrogens is 200 g/mol. The van der Waals surface area contributed by atoms with E-state index in [4.69, 9.17) is 5.14 Å². The van der Waals surface area contributed by atoms with Gasteiger partial charge in [0.25, 0.3) is 0 Å². The lowest BCUT2D eigenvalue weighted by molar-refractivity contribution is 0.602. The Morgan fingerprint density at radius 2 is 2.07 bits per heavy atom. The molecule has 5 heteroatoms. The molecular formula is C9H12N2O2S. The Kier molecular flexibility index (Phi) is 2.20. The number of primary sulfonamides is 1. The van der Waals surface area contributed by atoms with Crippen molar-refractivity contribution in [2.45, 2.75) is 12.8 Å². The first-order valence-corrected chi connectivity index (χ1v) is 5.97. The van der Waals surface area contributed by atoms with E-state index in [1.54, 1.807) is 6.08 Å². The molecule has 0 saturated carbocycles. The summed E-state index contributed by atoms with van der Waals surface area (Å²) < 4.78 is 22.2. The van der Waals surface area contributed by atoms with Gasteiger partial charge in [0.2, 0.25) is 10.0 Å². The van der Waals surface area contributed by atoms with Crippen LogP contribution in [-0.4, -0.2) is 15.0 Å². The number of rotatable bonds is 1. The molecule has 14 heavy (non-hydrogen) atoms. The second kappa shape index (κ2) is 3.25. The lowest BCUT2D eigenvalue weighted by Gasteiger charge is -2.21. The molecule has 0 atom stereocenters. The average molecular weight is 212 g/mol. The maximum atomic E-state index is 11.1. The zero-order valence-corrected chi connectivity index (χ0v) is 8.47. The smallest absolute Gasteiger partial charge is 0.234 e. The molecule has 0 radical (unpaired) electrons. The summed E-state index contributed by atoms with van der Waals surface area (Å²) in [5, 5.41) is 8.15.